The highest BCUT2D eigenvalue weighted by Crippen LogP contribution is 2.44. The molecular formula is C41H25N3O. The smallest absolute Gasteiger partial charge is 0.164 e. The third-order valence-electron chi connectivity index (χ3n) is 8.52. The largest absolute Gasteiger partial charge is 0.455 e. The van der Waals surface area contributed by atoms with Gasteiger partial charge in [-0.25, -0.2) is 15.0 Å². The highest BCUT2D eigenvalue weighted by Gasteiger charge is 2.21. The summed E-state index contributed by atoms with van der Waals surface area (Å²) in [6.45, 7) is 0. The molecule has 0 spiro atoms. The number of para-hydroxylation sites is 1. The van der Waals surface area contributed by atoms with Gasteiger partial charge in [-0.15, -0.1) is 0 Å². The summed E-state index contributed by atoms with van der Waals surface area (Å²) in [6.07, 6.45) is 0. The maximum atomic E-state index is 6.72. The predicted molar refractivity (Wildman–Crippen MR) is 184 cm³/mol. The maximum Gasteiger partial charge on any atom is 0.164 e. The van der Waals surface area contributed by atoms with Crippen LogP contribution in [0.25, 0.3) is 88.8 Å². The van der Waals surface area contributed by atoms with E-state index in [1.165, 1.54) is 21.5 Å². The van der Waals surface area contributed by atoms with E-state index in [1.807, 2.05) is 72.8 Å². The fourth-order valence-electron chi connectivity index (χ4n) is 6.43. The van der Waals surface area contributed by atoms with Gasteiger partial charge < -0.3 is 4.42 Å². The second kappa shape index (κ2) is 10.2. The molecule has 0 saturated heterocycles. The molecule has 0 amide bonds. The van der Waals surface area contributed by atoms with Gasteiger partial charge in [0.1, 0.15) is 11.2 Å². The summed E-state index contributed by atoms with van der Waals surface area (Å²) in [5, 5.41) is 6.85. The van der Waals surface area contributed by atoms with E-state index in [9.17, 15) is 0 Å². The number of hydrogen-bond donors (Lipinski definition) is 0. The second-order valence-corrected chi connectivity index (χ2v) is 11.2. The summed E-state index contributed by atoms with van der Waals surface area (Å²) in [7, 11) is 0. The van der Waals surface area contributed by atoms with Crippen molar-refractivity contribution in [1.29, 1.82) is 0 Å². The van der Waals surface area contributed by atoms with E-state index in [-0.39, 0.29) is 0 Å². The lowest BCUT2D eigenvalue weighted by Crippen LogP contribution is -2.00. The van der Waals surface area contributed by atoms with Crippen LogP contribution in [0.5, 0.6) is 0 Å². The number of hydrogen-bond acceptors (Lipinski definition) is 4. The molecule has 4 nitrogen and oxygen atoms in total. The number of benzene rings is 7. The minimum Gasteiger partial charge on any atom is -0.455 e. The van der Waals surface area contributed by atoms with Crippen LogP contribution in [0.15, 0.2) is 156 Å². The van der Waals surface area contributed by atoms with Crippen LogP contribution in [0, 0.1) is 0 Å². The van der Waals surface area contributed by atoms with Crippen molar-refractivity contribution in [2.45, 2.75) is 0 Å². The Labute approximate surface area is 259 Å². The molecule has 4 heteroatoms. The molecule has 210 valence electrons. The molecule has 0 N–H and O–H groups in total. The summed E-state index contributed by atoms with van der Waals surface area (Å²) >= 11 is 0. The molecule has 2 heterocycles. The zero-order chi connectivity index (χ0) is 29.7. The minimum absolute atomic E-state index is 0.606. The quantitative estimate of drug-likeness (QED) is 0.196. The topological polar surface area (TPSA) is 51.8 Å². The van der Waals surface area contributed by atoms with Gasteiger partial charge in [-0.05, 0) is 51.4 Å². The van der Waals surface area contributed by atoms with Crippen molar-refractivity contribution in [2.75, 3.05) is 0 Å². The van der Waals surface area contributed by atoms with Gasteiger partial charge in [0.25, 0.3) is 0 Å². The van der Waals surface area contributed by atoms with Gasteiger partial charge in [0.2, 0.25) is 0 Å². The molecule has 0 aliphatic rings. The molecule has 2 aromatic heterocycles. The average molecular weight is 576 g/mol. The molecule has 0 aliphatic carbocycles. The van der Waals surface area contributed by atoms with Gasteiger partial charge in [-0.3, -0.25) is 0 Å². The SMILES string of the molecule is c1ccc(-c2nc(-c3ccccc3)nc(-c3ccc(-c4cc5ccccc5c5ccccc45)c4oc5ccccc5c34)n2)cc1. The van der Waals surface area contributed by atoms with Gasteiger partial charge in [0.05, 0.1) is 0 Å². The van der Waals surface area contributed by atoms with E-state index in [0.717, 1.165) is 49.8 Å². The molecular weight excluding hydrogens is 550 g/mol. The van der Waals surface area contributed by atoms with E-state index < -0.39 is 0 Å². The Hall–Kier alpha value is -6.13. The number of furan rings is 1. The van der Waals surface area contributed by atoms with Gasteiger partial charge in [0, 0.05) is 33.0 Å². The standard InChI is InChI=1S/C41H25N3O/c1-3-13-26(14-4-1)39-42-40(27-15-5-2-6-16-27)44-41(43-39)34-24-23-32(38-37(34)33-21-11-12-22-36(33)45-38)35-25-28-17-7-8-18-29(28)30-19-9-10-20-31(30)35/h1-25H. The average Bonchev–Trinajstić information content (AvgIpc) is 3.51. The van der Waals surface area contributed by atoms with Gasteiger partial charge in [0.15, 0.2) is 17.5 Å². The molecule has 0 saturated carbocycles. The Morgan fingerprint density at radius 3 is 1.62 bits per heavy atom. The third kappa shape index (κ3) is 4.19. The Morgan fingerprint density at radius 2 is 0.911 bits per heavy atom. The monoisotopic (exact) mass is 575 g/mol. The van der Waals surface area contributed by atoms with Crippen molar-refractivity contribution >= 4 is 43.5 Å². The Bertz CT molecular complexity index is 2480. The Balaban J connectivity index is 1.36. The van der Waals surface area contributed by atoms with Crippen molar-refractivity contribution in [3.05, 3.63) is 152 Å². The summed E-state index contributed by atoms with van der Waals surface area (Å²) < 4.78 is 6.72. The molecule has 0 aliphatic heterocycles. The van der Waals surface area contributed by atoms with Crippen molar-refractivity contribution in [3.63, 3.8) is 0 Å². The first kappa shape index (κ1) is 25.4. The van der Waals surface area contributed by atoms with Crippen molar-refractivity contribution in [1.82, 2.24) is 15.0 Å². The van der Waals surface area contributed by atoms with Crippen molar-refractivity contribution in [2.24, 2.45) is 0 Å². The first-order valence-electron chi connectivity index (χ1n) is 15.0. The zero-order valence-corrected chi connectivity index (χ0v) is 24.2. The summed E-state index contributed by atoms with van der Waals surface area (Å²) in [6, 6.07) is 52.1. The molecule has 0 atom stereocenters. The first-order chi connectivity index (χ1) is 22.3. The number of rotatable bonds is 4. The fourth-order valence-corrected chi connectivity index (χ4v) is 6.43. The molecule has 0 radical (unpaired) electrons. The van der Waals surface area contributed by atoms with E-state index >= 15 is 0 Å². The molecule has 45 heavy (non-hydrogen) atoms. The van der Waals surface area contributed by atoms with Crippen LogP contribution in [0.2, 0.25) is 0 Å². The van der Waals surface area contributed by atoms with E-state index in [0.29, 0.717) is 17.5 Å². The summed E-state index contributed by atoms with van der Waals surface area (Å²) in [5.41, 5.74) is 6.58. The van der Waals surface area contributed by atoms with Crippen molar-refractivity contribution < 1.29 is 4.42 Å². The van der Waals surface area contributed by atoms with Crippen LogP contribution in [0.3, 0.4) is 0 Å². The van der Waals surface area contributed by atoms with Gasteiger partial charge >= 0.3 is 0 Å². The lowest BCUT2D eigenvalue weighted by Gasteiger charge is -2.13. The van der Waals surface area contributed by atoms with Crippen LogP contribution in [-0.4, -0.2) is 15.0 Å². The van der Waals surface area contributed by atoms with Crippen LogP contribution >= 0.6 is 0 Å². The normalized spacial score (nSPS) is 11.6. The molecule has 0 fully saturated rings. The Kier molecular flexibility index (Phi) is 5.78. The van der Waals surface area contributed by atoms with Crippen LogP contribution < -0.4 is 0 Å². The van der Waals surface area contributed by atoms with Crippen LogP contribution in [0.4, 0.5) is 0 Å². The molecule has 7 aromatic carbocycles. The van der Waals surface area contributed by atoms with E-state index in [2.05, 4.69) is 78.9 Å². The minimum atomic E-state index is 0.606. The lowest BCUT2D eigenvalue weighted by molar-refractivity contribution is 0.670. The predicted octanol–water partition coefficient (Wildman–Crippen LogP) is 10.7. The van der Waals surface area contributed by atoms with E-state index in [1.54, 1.807) is 0 Å². The van der Waals surface area contributed by atoms with Gasteiger partial charge in [-0.1, -0.05) is 127 Å². The maximum absolute atomic E-state index is 6.72. The molecule has 0 unspecified atom stereocenters. The fraction of sp³-hybridized carbons (Fsp3) is 0. The molecule has 9 aromatic rings. The van der Waals surface area contributed by atoms with Crippen LogP contribution in [0.1, 0.15) is 0 Å². The second-order valence-electron chi connectivity index (χ2n) is 11.2. The van der Waals surface area contributed by atoms with E-state index in [4.69, 9.17) is 19.4 Å². The lowest BCUT2D eigenvalue weighted by atomic mass is 9.91. The highest BCUT2D eigenvalue weighted by molar-refractivity contribution is 6.20. The molecule has 0 bridgehead atoms. The third-order valence-corrected chi connectivity index (χ3v) is 8.52. The zero-order valence-electron chi connectivity index (χ0n) is 24.2. The van der Waals surface area contributed by atoms with Gasteiger partial charge in [-0.2, -0.15) is 0 Å². The first-order valence-corrected chi connectivity index (χ1v) is 15.0. The highest BCUT2D eigenvalue weighted by atomic mass is 16.3. The summed E-state index contributed by atoms with van der Waals surface area (Å²) in [5.74, 6) is 1.86. The van der Waals surface area contributed by atoms with Crippen LogP contribution in [-0.2, 0) is 0 Å². The molecule has 9 rings (SSSR count). The Morgan fingerprint density at radius 1 is 0.378 bits per heavy atom. The number of fused-ring (bicyclic) bond motifs is 6. The number of nitrogens with zero attached hydrogens (tertiary/aromatic N) is 3. The summed E-state index contributed by atoms with van der Waals surface area (Å²) in [4.78, 5) is 15.0. The number of aromatic nitrogens is 3. The van der Waals surface area contributed by atoms with Crippen molar-refractivity contribution in [3.8, 4) is 45.3 Å².